The molecule has 1 aromatic carbocycles. The molecule has 0 amide bonds. The van der Waals surface area contributed by atoms with E-state index in [9.17, 15) is 13.2 Å². The van der Waals surface area contributed by atoms with Gasteiger partial charge >= 0.3 is 6.18 Å². The summed E-state index contributed by atoms with van der Waals surface area (Å²) in [5.74, 6) is 0. The molecule has 0 saturated carbocycles. The summed E-state index contributed by atoms with van der Waals surface area (Å²) in [6.45, 7) is 1.46. The van der Waals surface area contributed by atoms with Gasteiger partial charge in [-0.05, 0) is 24.6 Å². The Bertz CT molecular complexity index is 333. The molecule has 0 spiro atoms. The lowest BCUT2D eigenvalue weighted by Gasteiger charge is -2.11. The summed E-state index contributed by atoms with van der Waals surface area (Å²) < 4.78 is 36.7. The second kappa shape index (κ2) is 3.79. The van der Waals surface area contributed by atoms with Crippen LogP contribution in [0.15, 0.2) is 18.2 Å². The summed E-state index contributed by atoms with van der Waals surface area (Å²) in [4.78, 5) is 0. The van der Waals surface area contributed by atoms with Crippen LogP contribution >= 0.6 is 11.6 Å². The van der Waals surface area contributed by atoms with Crippen LogP contribution in [0.5, 0.6) is 0 Å². The number of aliphatic hydroxyl groups excluding tert-OH is 1. The van der Waals surface area contributed by atoms with E-state index in [1.807, 2.05) is 0 Å². The van der Waals surface area contributed by atoms with Crippen molar-refractivity contribution in [1.82, 2.24) is 0 Å². The zero-order valence-corrected chi connectivity index (χ0v) is 8.02. The average molecular weight is 225 g/mol. The summed E-state index contributed by atoms with van der Waals surface area (Å²) >= 11 is 5.43. The van der Waals surface area contributed by atoms with Crippen molar-refractivity contribution in [3.05, 3.63) is 34.3 Å². The van der Waals surface area contributed by atoms with Gasteiger partial charge in [0.25, 0.3) is 0 Å². The fourth-order valence-corrected chi connectivity index (χ4v) is 1.32. The Morgan fingerprint density at radius 3 is 2.29 bits per heavy atom. The van der Waals surface area contributed by atoms with Crippen LogP contribution < -0.4 is 0 Å². The predicted molar refractivity (Wildman–Crippen MR) is 47.1 cm³/mol. The monoisotopic (exact) mass is 224 g/mol. The fraction of sp³-hybridized carbons (Fsp3) is 0.333. The lowest BCUT2D eigenvalue weighted by molar-refractivity contribution is -0.137. The van der Waals surface area contributed by atoms with Gasteiger partial charge in [-0.25, -0.2) is 0 Å². The van der Waals surface area contributed by atoms with Crippen molar-refractivity contribution in [2.24, 2.45) is 0 Å². The average Bonchev–Trinajstić information content (AvgIpc) is 2.01. The van der Waals surface area contributed by atoms with Crippen LogP contribution in [-0.2, 0) is 6.18 Å². The molecule has 1 aromatic rings. The van der Waals surface area contributed by atoms with E-state index in [1.54, 1.807) is 0 Å². The maximum absolute atomic E-state index is 12.2. The van der Waals surface area contributed by atoms with Crippen molar-refractivity contribution in [3.8, 4) is 0 Å². The molecule has 0 aromatic heterocycles. The summed E-state index contributed by atoms with van der Waals surface area (Å²) in [5.41, 5.74) is -0.522. The molecule has 0 fully saturated rings. The smallest absolute Gasteiger partial charge is 0.389 e. The van der Waals surface area contributed by atoms with Crippen molar-refractivity contribution >= 4 is 11.6 Å². The van der Waals surface area contributed by atoms with E-state index >= 15 is 0 Å². The maximum Gasteiger partial charge on any atom is 0.417 e. The van der Waals surface area contributed by atoms with Gasteiger partial charge < -0.3 is 5.11 Å². The minimum atomic E-state index is -4.45. The van der Waals surface area contributed by atoms with Crippen LogP contribution in [0.1, 0.15) is 24.2 Å². The van der Waals surface area contributed by atoms with E-state index in [0.29, 0.717) is 5.56 Å². The number of benzene rings is 1. The van der Waals surface area contributed by atoms with E-state index < -0.39 is 22.9 Å². The first-order chi connectivity index (χ1) is 6.32. The Hall–Kier alpha value is -0.740. The molecule has 0 bridgehead atoms. The van der Waals surface area contributed by atoms with Crippen molar-refractivity contribution in [3.63, 3.8) is 0 Å². The molecule has 0 unspecified atom stereocenters. The molecular formula is C9H8ClF3O. The summed E-state index contributed by atoms with van der Waals surface area (Å²) in [6.07, 6.45) is -5.27. The molecule has 1 atom stereocenters. The number of alkyl halides is 3. The van der Waals surface area contributed by atoms with Gasteiger partial charge in [0.15, 0.2) is 0 Å². The van der Waals surface area contributed by atoms with Gasteiger partial charge in [0.05, 0.1) is 16.7 Å². The van der Waals surface area contributed by atoms with Crippen LogP contribution in [0.4, 0.5) is 13.2 Å². The van der Waals surface area contributed by atoms with Crippen LogP contribution in [0.25, 0.3) is 0 Å². The Balaban J connectivity index is 3.15. The van der Waals surface area contributed by atoms with Crippen LogP contribution in [-0.4, -0.2) is 5.11 Å². The number of aliphatic hydroxyl groups is 1. The summed E-state index contributed by atoms with van der Waals surface area (Å²) in [6, 6.07) is 3.19. The standard InChI is InChI=1S/C9H8ClF3O/c1-5(14)6-2-3-7(8(10)4-6)9(11,12)13/h2-5,14H,1H3/t5-/m0/s1. The number of hydrogen-bond donors (Lipinski definition) is 1. The molecule has 0 saturated heterocycles. The highest BCUT2D eigenvalue weighted by Gasteiger charge is 2.33. The third-order valence-electron chi connectivity index (χ3n) is 1.78. The minimum Gasteiger partial charge on any atom is -0.389 e. The number of halogens is 4. The molecule has 0 heterocycles. The normalized spacial score (nSPS) is 14.1. The first kappa shape index (κ1) is 11.3. The molecule has 14 heavy (non-hydrogen) atoms. The highest BCUT2D eigenvalue weighted by Crippen LogP contribution is 2.35. The van der Waals surface area contributed by atoms with Gasteiger partial charge in [0.1, 0.15) is 0 Å². The van der Waals surface area contributed by atoms with Crippen LogP contribution in [0.2, 0.25) is 5.02 Å². The molecule has 0 aliphatic carbocycles. The topological polar surface area (TPSA) is 20.2 Å². The number of hydrogen-bond acceptors (Lipinski definition) is 1. The Kier molecular flexibility index (Phi) is 3.07. The van der Waals surface area contributed by atoms with Gasteiger partial charge in [-0.2, -0.15) is 13.2 Å². The predicted octanol–water partition coefficient (Wildman–Crippen LogP) is 3.41. The zero-order chi connectivity index (χ0) is 10.9. The van der Waals surface area contributed by atoms with E-state index in [2.05, 4.69) is 0 Å². The second-order valence-corrected chi connectivity index (χ2v) is 3.32. The van der Waals surface area contributed by atoms with Crippen LogP contribution in [0, 0.1) is 0 Å². The SMILES string of the molecule is C[C@H](O)c1ccc(C(F)(F)F)c(Cl)c1. The first-order valence-electron chi connectivity index (χ1n) is 3.87. The Labute approximate surface area is 84.1 Å². The Morgan fingerprint density at radius 2 is 1.93 bits per heavy atom. The summed E-state index contributed by atoms with van der Waals surface area (Å²) in [7, 11) is 0. The highest BCUT2D eigenvalue weighted by atomic mass is 35.5. The highest BCUT2D eigenvalue weighted by molar-refractivity contribution is 6.31. The maximum atomic E-state index is 12.2. The minimum absolute atomic E-state index is 0.364. The van der Waals surface area contributed by atoms with Gasteiger partial charge in [0.2, 0.25) is 0 Å². The largest absolute Gasteiger partial charge is 0.417 e. The molecule has 5 heteroatoms. The first-order valence-corrected chi connectivity index (χ1v) is 4.25. The van der Waals surface area contributed by atoms with E-state index in [-0.39, 0.29) is 0 Å². The van der Waals surface area contributed by atoms with Crippen LogP contribution in [0.3, 0.4) is 0 Å². The third-order valence-corrected chi connectivity index (χ3v) is 2.09. The lowest BCUT2D eigenvalue weighted by atomic mass is 10.1. The number of rotatable bonds is 1. The molecule has 1 rings (SSSR count). The van der Waals surface area contributed by atoms with Gasteiger partial charge in [-0.1, -0.05) is 17.7 Å². The van der Waals surface area contributed by atoms with E-state index in [0.717, 1.165) is 12.1 Å². The fourth-order valence-electron chi connectivity index (χ4n) is 1.02. The molecule has 0 aliphatic heterocycles. The van der Waals surface area contributed by atoms with Gasteiger partial charge in [-0.3, -0.25) is 0 Å². The van der Waals surface area contributed by atoms with Crippen molar-refractivity contribution in [2.75, 3.05) is 0 Å². The molecule has 1 N–H and O–H groups in total. The third kappa shape index (κ3) is 2.39. The van der Waals surface area contributed by atoms with Gasteiger partial charge in [0, 0.05) is 0 Å². The molecular weight excluding hydrogens is 217 g/mol. The molecule has 0 radical (unpaired) electrons. The second-order valence-electron chi connectivity index (χ2n) is 2.91. The van der Waals surface area contributed by atoms with E-state index in [1.165, 1.54) is 13.0 Å². The summed E-state index contributed by atoms with van der Waals surface area (Å²) in [5, 5.41) is 8.71. The van der Waals surface area contributed by atoms with Crippen molar-refractivity contribution in [2.45, 2.75) is 19.2 Å². The lowest BCUT2D eigenvalue weighted by Crippen LogP contribution is -2.06. The molecule has 0 aliphatic rings. The molecule has 78 valence electrons. The zero-order valence-electron chi connectivity index (χ0n) is 7.27. The van der Waals surface area contributed by atoms with E-state index in [4.69, 9.17) is 16.7 Å². The molecule has 1 nitrogen and oxygen atoms in total. The Morgan fingerprint density at radius 1 is 1.36 bits per heavy atom. The quantitative estimate of drug-likeness (QED) is 0.775. The van der Waals surface area contributed by atoms with Gasteiger partial charge in [-0.15, -0.1) is 0 Å². The van der Waals surface area contributed by atoms with Crippen molar-refractivity contribution < 1.29 is 18.3 Å². The van der Waals surface area contributed by atoms with Crippen molar-refractivity contribution in [1.29, 1.82) is 0 Å².